The highest BCUT2D eigenvalue weighted by Gasteiger charge is 2.25. The number of rotatable bonds is 4. The Morgan fingerprint density at radius 2 is 1.41 bits per heavy atom. The van der Waals surface area contributed by atoms with Gasteiger partial charge in [-0.1, -0.05) is 0 Å². The summed E-state index contributed by atoms with van der Waals surface area (Å²) < 4.78 is 63.6. The van der Waals surface area contributed by atoms with Gasteiger partial charge in [0.15, 0.2) is 29.9 Å². The lowest BCUT2D eigenvalue weighted by atomic mass is 10.2. The van der Waals surface area contributed by atoms with E-state index in [9.17, 15) is 26.7 Å². The lowest BCUT2D eigenvalue weighted by Crippen LogP contribution is -2.15. The van der Waals surface area contributed by atoms with Gasteiger partial charge in [0.1, 0.15) is 5.69 Å². The summed E-state index contributed by atoms with van der Waals surface area (Å²) in [5.41, 5.74) is -0.112. The van der Waals surface area contributed by atoms with Crippen LogP contribution in [0, 0.1) is 29.1 Å². The molecule has 0 aliphatic carbocycles. The van der Waals surface area contributed by atoms with Crippen molar-refractivity contribution in [2.75, 3.05) is 12.1 Å². The molecule has 2 N–H and O–H groups in total. The molecule has 0 bridgehead atoms. The highest BCUT2D eigenvalue weighted by molar-refractivity contribution is 5.68. The molecule has 0 amide bonds. The molecule has 9 heteroatoms. The van der Waals surface area contributed by atoms with E-state index in [4.69, 9.17) is 5.11 Å². The van der Waals surface area contributed by atoms with Gasteiger partial charge in [0.2, 0.25) is 5.82 Å². The number of hydrogen-bond donors (Lipinski definition) is 2. The minimum atomic E-state index is -2.32. The minimum Gasteiger partial charge on any atom is -0.479 e. The molecule has 0 aromatic heterocycles. The van der Waals surface area contributed by atoms with Crippen LogP contribution in [0.5, 0.6) is 0 Å². The first-order chi connectivity index (χ1) is 7.86. The van der Waals surface area contributed by atoms with Gasteiger partial charge in [0.05, 0.1) is 0 Å². The van der Waals surface area contributed by atoms with E-state index in [1.807, 2.05) is 0 Å². The van der Waals surface area contributed by atoms with Crippen LogP contribution in [-0.4, -0.2) is 17.7 Å². The Balaban J connectivity index is 3.03. The summed E-state index contributed by atoms with van der Waals surface area (Å²) >= 11 is 0. The van der Waals surface area contributed by atoms with Gasteiger partial charge in [-0.15, -0.1) is 0 Å². The Morgan fingerprint density at radius 1 is 1.00 bits per heavy atom. The maximum atomic E-state index is 12.9. The molecule has 0 heterocycles. The van der Waals surface area contributed by atoms with Gasteiger partial charge in [0.25, 0.3) is 0 Å². The zero-order valence-corrected chi connectivity index (χ0v) is 7.86. The Hall–Kier alpha value is -1.90. The summed E-state index contributed by atoms with van der Waals surface area (Å²) in [6.07, 6.45) is 0. The van der Waals surface area contributed by atoms with E-state index >= 15 is 0 Å². The second-order valence-corrected chi connectivity index (χ2v) is 2.73. The molecule has 1 aromatic rings. The average molecular weight is 257 g/mol. The third-order valence-electron chi connectivity index (χ3n) is 1.58. The summed E-state index contributed by atoms with van der Waals surface area (Å²) in [5, 5.41) is 8.12. The molecular weight excluding hydrogens is 253 g/mol. The van der Waals surface area contributed by atoms with Crippen molar-refractivity contribution in [1.82, 2.24) is 0 Å². The molecule has 0 fully saturated rings. The largest absolute Gasteiger partial charge is 0.479 e. The molecule has 1 aromatic carbocycles. The fourth-order valence-corrected chi connectivity index (χ4v) is 0.864. The van der Waals surface area contributed by atoms with Gasteiger partial charge in [0, 0.05) is 0 Å². The van der Waals surface area contributed by atoms with Gasteiger partial charge in [-0.3, -0.25) is 10.3 Å². The lowest BCUT2D eigenvalue weighted by molar-refractivity contribution is -0.141. The smallest absolute Gasteiger partial charge is 0.332 e. The first kappa shape index (κ1) is 13.2. The van der Waals surface area contributed by atoms with Crippen molar-refractivity contribution < 1.29 is 36.7 Å². The fraction of sp³-hybridized carbons (Fsp3) is 0.125. The molecule has 0 saturated carbocycles. The zero-order chi connectivity index (χ0) is 13.2. The van der Waals surface area contributed by atoms with Crippen molar-refractivity contribution in [3.8, 4) is 0 Å². The molecule has 0 saturated heterocycles. The summed E-state index contributed by atoms with van der Waals surface area (Å²) in [6, 6.07) is 0. The van der Waals surface area contributed by atoms with Crippen LogP contribution >= 0.6 is 0 Å². The monoisotopic (exact) mass is 257 g/mol. The molecular formula is C8H4F5NO3. The van der Waals surface area contributed by atoms with Crippen LogP contribution in [0.2, 0.25) is 0 Å². The minimum absolute atomic E-state index is 1.03. The van der Waals surface area contributed by atoms with E-state index in [2.05, 4.69) is 4.84 Å². The van der Waals surface area contributed by atoms with Gasteiger partial charge in [-0.25, -0.2) is 26.7 Å². The fourth-order valence-electron chi connectivity index (χ4n) is 0.864. The number of anilines is 1. The normalized spacial score (nSPS) is 10.4. The van der Waals surface area contributed by atoms with E-state index in [-0.39, 0.29) is 0 Å². The highest BCUT2D eigenvalue weighted by Crippen LogP contribution is 2.26. The molecule has 0 aliphatic rings. The van der Waals surface area contributed by atoms with Gasteiger partial charge in [-0.05, 0) is 0 Å². The van der Waals surface area contributed by atoms with Crippen molar-refractivity contribution in [2.24, 2.45) is 0 Å². The van der Waals surface area contributed by atoms with Crippen LogP contribution in [0.1, 0.15) is 0 Å². The van der Waals surface area contributed by atoms with Crippen molar-refractivity contribution >= 4 is 11.7 Å². The number of carbonyl (C=O) groups is 1. The van der Waals surface area contributed by atoms with E-state index in [1.54, 1.807) is 0 Å². The number of nitrogens with one attached hydrogen (secondary N) is 1. The zero-order valence-electron chi connectivity index (χ0n) is 7.86. The third-order valence-corrected chi connectivity index (χ3v) is 1.58. The van der Waals surface area contributed by atoms with Crippen LogP contribution in [-0.2, 0) is 9.63 Å². The Kier molecular flexibility index (Phi) is 3.84. The second-order valence-electron chi connectivity index (χ2n) is 2.73. The Bertz CT molecular complexity index is 436. The van der Waals surface area contributed by atoms with Gasteiger partial charge in [-0.2, -0.15) is 0 Å². The molecule has 17 heavy (non-hydrogen) atoms. The van der Waals surface area contributed by atoms with Crippen molar-refractivity contribution in [2.45, 2.75) is 0 Å². The highest BCUT2D eigenvalue weighted by atomic mass is 19.2. The number of carboxylic acids is 1. The van der Waals surface area contributed by atoms with E-state index in [1.165, 1.54) is 5.48 Å². The number of aliphatic carboxylic acids is 1. The van der Waals surface area contributed by atoms with Crippen LogP contribution in [0.25, 0.3) is 0 Å². The summed E-state index contributed by atoms with van der Waals surface area (Å²) in [6.45, 7) is -1.03. The molecule has 1 rings (SSSR count). The average Bonchev–Trinajstić information content (AvgIpc) is 2.28. The summed E-state index contributed by atoms with van der Waals surface area (Å²) in [5.74, 6) is -12.4. The standard InChI is InChI=1S/C8H4F5NO3/c9-3-4(10)6(12)8(7(13)5(3)11)14-17-1-2(15)16/h14H,1H2,(H,15,16). The molecule has 0 aliphatic heterocycles. The van der Waals surface area contributed by atoms with Crippen molar-refractivity contribution in [3.05, 3.63) is 29.1 Å². The van der Waals surface area contributed by atoms with Crippen LogP contribution < -0.4 is 5.48 Å². The molecule has 94 valence electrons. The summed E-state index contributed by atoms with van der Waals surface area (Å²) in [7, 11) is 0. The summed E-state index contributed by atoms with van der Waals surface area (Å²) in [4.78, 5) is 14.0. The topological polar surface area (TPSA) is 58.6 Å². The number of carboxylic acid groups (broad SMARTS) is 1. The van der Waals surface area contributed by atoms with Gasteiger partial charge >= 0.3 is 5.97 Å². The van der Waals surface area contributed by atoms with Crippen LogP contribution in [0.3, 0.4) is 0 Å². The number of halogens is 5. The van der Waals surface area contributed by atoms with Crippen LogP contribution in [0.4, 0.5) is 27.6 Å². The van der Waals surface area contributed by atoms with E-state index < -0.39 is 47.3 Å². The quantitative estimate of drug-likeness (QED) is 0.374. The second kappa shape index (κ2) is 4.95. The van der Waals surface area contributed by atoms with Crippen molar-refractivity contribution in [3.63, 3.8) is 0 Å². The predicted molar refractivity (Wildman–Crippen MR) is 43.4 cm³/mol. The lowest BCUT2D eigenvalue weighted by Gasteiger charge is -2.09. The van der Waals surface area contributed by atoms with E-state index in [0.29, 0.717) is 0 Å². The van der Waals surface area contributed by atoms with Crippen LogP contribution in [0.15, 0.2) is 0 Å². The molecule has 0 spiro atoms. The Labute approximate surface area is 90.6 Å². The predicted octanol–water partition coefficient (Wildman–Crippen LogP) is 1.81. The molecule has 0 radical (unpaired) electrons. The van der Waals surface area contributed by atoms with Crippen molar-refractivity contribution in [1.29, 1.82) is 0 Å². The third kappa shape index (κ3) is 2.61. The molecule has 0 unspecified atom stereocenters. The maximum Gasteiger partial charge on any atom is 0.332 e. The number of hydrogen-bond acceptors (Lipinski definition) is 3. The Morgan fingerprint density at radius 3 is 1.82 bits per heavy atom. The first-order valence-corrected chi connectivity index (χ1v) is 3.97. The molecule has 0 atom stereocenters. The number of benzene rings is 1. The first-order valence-electron chi connectivity index (χ1n) is 3.97. The van der Waals surface area contributed by atoms with E-state index in [0.717, 1.165) is 0 Å². The molecule has 4 nitrogen and oxygen atoms in total. The SMILES string of the molecule is O=C(O)CONc1c(F)c(F)c(F)c(F)c1F. The maximum absolute atomic E-state index is 12.9. The van der Waals surface area contributed by atoms with Gasteiger partial charge < -0.3 is 5.11 Å².